The second kappa shape index (κ2) is 6.25. The van der Waals surface area contributed by atoms with Crippen molar-refractivity contribution in [2.75, 3.05) is 6.54 Å². The van der Waals surface area contributed by atoms with Gasteiger partial charge in [-0.1, -0.05) is 44.9 Å². The van der Waals surface area contributed by atoms with Crippen LogP contribution in [0.4, 0.5) is 0 Å². The van der Waals surface area contributed by atoms with Gasteiger partial charge in [-0.2, -0.15) is 0 Å². The van der Waals surface area contributed by atoms with E-state index < -0.39 is 0 Å². The zero-order chi connectivity index (χ0) is 14.9. The normalized spacial score (nSPS) is 31.0. The quantitative estimate of drug-likeness (QED) is 0.640. The van der Waals surface area contributed by atoms with Crippen molar-refractivity contribution in [1.82, 2.24) is 4.90 Å². The molecule has 3 atom stereocenters. The lowest BCUT2D eigenvalue weighted by Crippen LogP contribution is -2.39. The van der Waals surface area contributed by atoms with E-state index in [9.17, 15) is 4.79 Å². The van der Waals surface area contributed by atoms with Gasteiger partial charge < -0.3 is 4.90 Å². The first-order valence-electron chi connectivity index (χ1n) is 7.92. The lowest BCUT2D eigenvalue weighted by atomic mass is 9.98. The molecule has 0 aromatic carbocycles. The lowest BCUT2D eigenvalue weighted by Gasteiger charge is -2.33. The fraction of sp³-hybridized carbons (Fsp3) is 0.588. The smallest absolute Gasteiger partial charge is 0.156 e. The Balaban J connectivity index is 1.76. The van der Waals surface area contributed by atoms with Crippen molar-refractivity contribution in [2.24, 2.45) is 5.92 Å². The molecule has 3 rings (SSSR count). The summed E-state index contributed by atoms with van der Waals surface area (Å²) in [4.78, 5) is 14.6. The van der Waals surface area contributed by atoms with Gasteiger partial charge in [0.15, 0.2) is 6.29 Å². The molecule has 3 aliphatic heterocycles. The Bertz CT molecular complexity index is 511. The highest BCUT2D eigenvalue weighted by Crippen LogP contribution is 2.61. The van der Waals surface area contributed by atoms with Crippen molar-refractivity contribution in [2.45, 2.75) is 49.7 Å². The highest BCUT2D eigenvalue weighted by Gasteiger charge is 2.54. The lowest BCUT2D eigenvalue weighted by molar-refractivity contribution is -0.104. The minimum atomic E-state index is 0.0271. The molecule has 3 unspecified atom stereocenters. The van der Waals surface area contributed by atoms with Gasteiger partial charge in [-0.15, -0.1) is 11.8 Å². The van der Waals surface area contributed by atoms with Crippen LogP contribution in [0.5, 0.6) is 0 Å². The predicted octanol–water partition coefficient (Wildman–Crippen LogP) is 4.56. The molecule has 0 aromatic heterocycles. The third kappa shape index (κ3) is 2.61. The maximum absolute atomic E-state index is 11.2. The van der Waals surface area contributed by atoms with Crippen molar-refractivity contribution in [3.63, 3.8) is 0 Å². The molecule has 0 bridgehead atoms. The summed E-state index contributed by atoms with van der Waals surface area (Å²) in [5.41, 5.74) is 1.38. The summed E-state index contributed by atoms with van der Waals surface area (Å²) in [6, 6.07) is 0.341. The number of hydrogen-bond donors (Lipinski definition) is 0. The van der Waals surface area contributed by atoms with E-state index in [0.29, 0.717) is 6.04 Å². The molecule has 4 heteroatoms. The second-order valence-corrected chi connectivity index (χ2v) is 8.75. The van der Waals surface area contributed by atoms with Crippen LogP contribution in [0.2, 0.25) is 0 Å². The highest BCUT2D eigenvalue weighted by molar-refractivity contribution is 8.22. The summed E-state index contributed by atoms with van der Waals surface area (Å²) in [5, 5.41) is 2.18. The second-order valence-electron chi connectivity index (χ2n) is 6.02. The number of nitrogens with zero attached hydrogens (tertiary/aromatic N) is 1. The predicted molar refractivity (Wildman–Crippen MR) is 93.1 cm³/mol. The SMILES string of the molecule is CCCCC(CC)CN1C=C2C=CSC23SC(C=O)=CC13. The standard InChI is InChI=1S/C17H23NOS2/c1-3-5-6-13(4-2)10-18-11-14-7-8-20-17(14)16(18)9-15(12-19)21-17/h7-9,11-13,16H,3-6,10H2,1-2H3. The van der Waals surface area contributed by atoms with Gasteiger partial charge in [0, 0.05) is 17.6 Å². The van der Waals surface area contributed by atoms with Crippen LogP contribution in [0.25, 0.3) is 0 Å². The van der Waals surface area contributed by atoms with E-state index in [-0.39, 0.29) is 4.08 Å². The number of unbranched alkanes of at least 4 members (excludes halogenated alkanes) is 1. The van der Waals surface area contributed by atoms with Crippen LogP contribution in [-0.2, 0) is 4.79 Å². The molecule has 0 saturated carbocycles. The van der Waals surface area contributed by atoms with Gasteiger partial charge in [-0.25, -0.2) is 0 Å². The zero-order valence-corrected chi connectivity index (χ0v) is 14.4. The number of thioether (sulfide) groups is 2. The molecule has 0 radical (unpaired) electrons. The van der Waals surface area contributed by atoms with E-state index >= 15 is 0 Å². The minimum Gasteiger partial charge on any atom is -0.368 e. The average Bonchev–Trinajstić information content (AvgIpc) is 3.12. The summed E-state index contributed by atoms with van der Waals surface area (Å²) >= 11 is 3.61. The van der Waals surface area contributed by atoms with Gasteiger partial charge in [-0.3, -0.25) is 4.79 Å². The number of allylic oxidation sites excluding steroid dienone is 2. The number of carbonyl (C=O) groups excluding carboxylic acids is 1. The Hall–Kier alpha value is -0.610. The monoisotopic (exact) mass is 321 g/mol. The molecule has 0 N–H and O–H groups in total. The topological polar surface area (TPSA) is 20.3 Å². The van der Waals surface area contributed by atoms with Crippen LogP contribution >= 0.6 is 23.5 Å². The zero-order valence-electron chi connectivity index (χ0n) is 12.7. The summed E-state index contributed by atoms with van der Waals surface area (Å²) < 4.78 is 0.0271. The average molecular weight is 322 g/mol. The molecule has 2 nitrogen and oxygen atoms in total. The van der Waals surface area contributed by atoms with Gasteiger partial charge in [0.1, 0.15) is 4.08 Å². The van der Waals surface area contributed by atoms with Crippen LogP contribution in [0.15, 0.2) is 34.2 Å². The number of carbonyl (C=O) groups is 1. The highest BCUT2D eigenvalue weighted by atomic mass is 32.2. The molecule has 0 saturated heterocycles. The summed E-state index contributed by atoms with van der Waals surface area (Å²) in [6.45, 7) is 5.67. The van der Waals surface area contributed by atoms with Gasteiger partial charge in [0.05, 0.1) is 6.04 Å². The molecular weight excluding hydrogens is 298 g/mol. The molecular formula is C17H23NOS2. The summed E-state index contributed by atoms with van der Waals surface area (Å²) in [5.74, 6) is 0.755. The van der Waals surface area contributed by atoms with E-state index in [1.54, 1.807) is 11.8 Å². The van der Waals surface area contributed by atoms with E-state index in [1.807, 2.05) is 11.8 Å². The van der Waals surface area contributed by atoms with Crippen molar-refractivity contribution < 1.29 is 4.79 Å². The first-order chi connectivity index (χ1) is 10.2. The van der Waals surface area contributed by atoms with Gasteiger partial charge in [0.2, 0.25) is 0 Å². The van der Waals surface area contributed by atoms with E-state index in [2.05, 4.69) is 42.5 Å². The van der Waals surface area contributed by atoms with Gasteiger partial charge in [-0.05, 0) is 35.5 Å². The van der Waals surface area contributed by atoms with Crippen molar-refractivity contribution >= 4 is 29.8 Å². The fourth-order valence-corrected chi connectivity index (χ4v) is 6.22. The largest absolute Gasteiger partial charge is 0.368 e. The molecule has 0 aliphatic carbocycles. The van der Waals surface area contributed by atoms with Crippen molar-refractivity contribution in [3.8, 4) is 0 Å². The molecule has 3 heterocycles. The van der Waals surface area contributed by atoms with Gasteiger partial charge >= 0.3 is 0 Å². The first kappa shape index (κ1) is 15.3. The number of aldehydes is 1. The van der Waals surface area contributed by atoms with Crippen LogP contribution in [0.1, 0.15) is 39.5 Å². The summed E-state index contributed by atoms with van der Waals surface area (Å²) in [7, 11) is 0. The Kier molecular flexibility index (Phi) is 4.55. The van der Waals surface area contributed by atoms with E-state index in [0.717, 1.165) is 23.7 Å². The van der Waals surface area contributed by atoms with Crippen molar-refractivity contribution in [1.29, 1.82) is 0 Å². The van der Waals surface area contributed by atoms with Gasteiger partial charge in [0.25, 0.3) is 0 Å². The molecule has 21 heavy (non-hydrogen) atoms. The minimum absolute atomic E-state index is 0.0271. The van der Waals surface area contributed by atoms with Crippen LogP contribution < -0.4 is 0 Å². The molecule has 114 valence electrons. The maximum Gasteiger partial charge on any atom is 0.156 e. The Morgan fingerprint density at radius 2 is 2.33 bits per heavy atom. The molecule has 3 aliphatic rings. The molecule has 1 spiro atoms. The molecule has 0 fully saturated rings. The third-order valence-corrected chi connectivity index (χ3v) is 7.55. The van der Waals surface area contributed by atoms with Crippen LogP contribution in [-0.4, -0.2) is 27.9 Å². The molecule has 0 amide bonds. The third-order valence-electron chi connectivity index (χ3n) is 4.66. The van der Waals surface area contributed by atoms with Crippen LogP contribution in [0, 0.1) is 5.92 Å². The van der Waals surface area contributed by atoms with Crippen molar-refractivity contribution in [3.05, 3.63) is 34.2 Å². The fourth-order valence-electron chi connectivity index (χ4n) is 3.40. The van der Waals surface area contributed by atoms with E-state index in [1.165, 1.54) is 31.3 Å². The maximum atomic E-state index is 11.2. The number of rotatable bonds is 7. The Morgan fingerprint density at radius 1 is 1.48 bits per heavy atom. The number of hydrogen-bond acceptors (Lipinski definition) is 4. The van der Waals surface area contributed by atoms with E-state index in [4.69, 9.17) is 0 Å². The summed E-state index contributed by atoms with van der Waals surface area (Å²) in [6.07, 6.45) is 12.9. The Morgan fingerprint density at radius 3 is 3.05 bits per heavy atom. The van der Waals surface area contributed by atoms with Crippen LogP contribution in [0.3, 0.4) is 0 Å². The first-order valence-corrected chi connectivity index (χ1v) is 9.61. The Labute approximate surface area is 136 Å². The molecule has 0 aromatic rings.